The van der Waals surface area contributed by atoms with Crippen molar-refractivity contribution in [2.24, 2.45) is 0 Å². The van der Waals surface area contributed by atoms with E-state index in [9.17, 15) is 0 Å². The highest BCUT2D eigenvalue weighted by atomic mass is 16.5. The summed E-state index contributed by atoms with van der Waals surface area (Å²) in [5.41, 5.74) is 1.12. The summed E-state index contributed by atoms with van der Waals surface area (Å²) in [6, 6.07) is 0. The molecule has 0 bridgehead atoms. The molecule has 0 aliphatic rings. The molecule has 0 saturated carbocycles. The molecule has 2 nitrogen and oxygen atoms in total. The van der Waals surface area contributed by atoms with Crippen LogP contribution in [0.3, 0.4) is 0 Å². The van der Waals surface area contributed by atoms with Gasteiger partial charge in [-0.1, -0.05) is 31.4 Å². The van der Waals surface area contributed by atoms with Crippen LogP contribution in [0.25, 0.3) is 0 Å². The van der Waals surface area contributed by atoms with Crippen LogP contribution in [0.15, 0.2) is 37.0 Å². The van der Waals surface area contributed by atoms with Gasteiger partial charge in [0.25, 0.3) is 6.26 Å². The lowest BCUT2D eigenvalue weighted by atomic mass is 10.1. The van der Waals surface area contributed by atoms with Crippen molar-refractivity contribution in [3.8, 4) is 6.26 Å². The summed E-state index contributed by atoms with van der Waals surface area (Å²) in [7, 11) is 0. The highest BCUT2D eigenvalue weighted by molar-refractivity contribution is 5.20. The number of nitriles is 1. The number of rotatable bonds is 6. The Morgan fingerprint density at radius 3 is 2.75 bits per heavy atom. The van der Waals surface area contributed by atoms with Crippen LogP contribution in [-0.2, 0) is 4.74 Å². The number of hydrogen-bond donors (Lipinski definition) is 0. The second-order valence-corrected chi connectivity index (χ2v) is 2.22. The zero-order valence-electron chi connectivity index (χ0n) is 7.12. The van der Waals surface area contributed by atoms with Crippen molar-refractivity contribution in [2.75, 3.05) is 6.61 Å². The van der Waals surface area contributed by atoms with Crippen molar-refractivity contribution < 1.29 is 4.74 Å². The first-order valence-corrected chi connectivity index (χ1v) is 3.80. The van der Waals surface area contributed by atoms with E-state index in [1.165, 1.54) is 0 Å². The molecule has 0 aliphatic heterocycles. The summed E-state index contributed by atoms with van der Waals surface area (Å²) in [6.07, 6.45) is 8.74. The van der Waals surface area contributed by atoms with Crippen LogP contribution in [-0.4, -0.2) is 6.61 Å². The Kier molecular flexibility index (Phi) is 6.67. The fourth-order valence-corrected chi connectivity index (χ4v) is 0.799. The standard InChI is InChI=1S/C10H13NO/c1-3-6-10(4-2)7-5-8-12-9-11/h3-4,6H,1-2,5,7-8H2/b10-6+. The molecule has 64 valence electrons. The number of allylic oxidation sites excluding steroid dienone is 4. The summed E-state index contributed by atoms with van der Waals surface area (Å²) in [4.78, 5) is 0. The highest BCUT2D eigenvalue weighted by Gasteiger charge is 1.91. The summed E-state index contributed by atoms with van der Waals surface area (Å²) >= 11 is 0. The summed E-state index contributed by atoms with van der Waals surface area (Å²) in [6.45, 7) is 7.71. The van der Waals surface area contributed by atoms with Gasteiger partial charge in [0, 0.05) is 0 Å². The van der Waals surface area contributed by atoms with Gasteiger partial charge in [0.15, 0.2) is 0 Å². The SMILES string of the molecule is C=C/C=C(\C=C)CCCOC#N. The van der Waals surface area contributed by atoms with E-state index in [0.29, 0.717) is 6.61 Å². The van der Waals surface area contributed by atoms with E-state index in [1.807, 2.05) is 6.08 Å². The van der Waals surface area contributed by atoms with Crippen LogP contribution in [0.5, 0.6) is 0 Å². The maximum absolute atomic E-state index is 8.07. The Morgan fingerprint density at radius 1 is 1.50 bits per heavy atom. The average molecular weight is 163 g/mol. The second-order valence-electron chi connectivity index (χ2n) is 2.22. The third-order valence-electron chi connectivity index (χ3n) is 1.37. The van der Waals surface area contributed by atoms with Gasteiger partial charge < -0.3 is 4.74 Å². The van der Waals surface area contributed by atoms with Crippen LogP contribution < -0.4 is 0 Å². The third kappa shape index (κ3) is 5.31. The van der Waals surface area contributed by atoms with E-state index in [2.05, 4.69) is 17.9 Å². The van der Waals surface area contributed by atoms with Gasteiger partial charge in [-0.15, -0.1) is 0 Å². The van der Waals surface area contributed by atoms with Crippen molar-refractivity contribution in [1.29, 1.82) is 5.26 Å². The average Bonchev–Trinajstić information content (AvgIpc) is 2.10. The molecular formula is C10H13NO. The van der Waals surface area contributed by atoms with Gasteiger partial charge in [-0.25, -0.2) is 0 Å². The second kappa shape index (κ2) is 7.62. The number of ether oxygens (including phenoxy) is 1. The van der Waals surface area contributed by atoms with Gasteiger partial charge in [0.05, 0.1) is 0 Å². The molecule has 0 unspecified atom stereocenters. The van der Waals surface area contributed by atoms with Crippen LogP contribution in [0.1, 0.15) is 12.8 Å². The zero-order valence-corrected chi connectivity index (χ0v) is 7.12. The van der Waals surface area contributed by atoms with E-state index in [0.717, 1.165) is 18.4 Å². The van der Waals surface area contributed by atoms with Gasteiger partial charge in [0.1, 0.15) is 6.61 Å². The van der Waals surface area contributed by atoms with E-state index in [1.54, 1.807) is 18.4 Å². The minimum absolute atomic E-state index is 0.471. The molecule has 0 aromatic rings. The third-order valence-corrected chi connectivity index (χ3v) is 1.37. The van der Waals surface area contributed by atoms with E-state index in [-0.39, 0.29) is 0 Å². The molecule has 0 aromatic heterocycles. The summed E-state index contributed by atoms with van der Waals surface area (Å²) in [5, 5.41) is 8.07. The molecular weight excluding hydrogens is 150 g/mol. The van der Waals surface area contributed by atoms with Crippen molar-refractivity contribution in [3.63, 3.8) is 0 Å². The molecule has 12 heavy (non-hydrogen) atoms. The van der Waals surface area contributed by atoms with Crippen LogP contribution >= 0.6 is 0 Å². The maximum atomic E-state index is 8.07. The Morgan fingerprint density at radius 2 is 2.25 bits per heavy atom. The van der Waals surface area contributed by atoms with Gasteiger partial charge in [-0.3, -0.25) is 0 Å². The first-order valence-electron chi connectivity index (χ1n) is 3.80. The molecule has 0 spiro atoms. The van der Waals surface area contributed by atoms with E-state index < -0.39 is 0 Å². The topological polar surface area (TPSA) is 33.0 Å². The Bertz CT molecular complexity index is 210. The first-order chi connectivity index (χ1) is 5.85. The molecule has 2 heteroatoms. The fraction of sp³-hybridized carbons (Fsp3) is 0.300. The molecule has 0 saturated heterocycles. The largest absolute Gasteiger partial charge is 0.428 e. The molecule has 0 aromatic carbocycles. The molecule has 0 radical (unpaired) electrons. The quantitative estimate of drug-likeness (QED) is 0.342. The maximum Gasteiger partial charge on any atom is 0.286 e. The van der Waals surface area contributed by atoms with Crippen molar-refractivity contribution in [2.45, 2.75) is 12.8 Å². The van der Waals surface area contributed by atoms with Gasteiger partial charge in [-0.05, 0) is 18.4 Å². The molecule has 0 fully saturated rings. The van der Waals surface area contributed by atoms with Crippen molar-refractivity contribution in [1.82, 2.24) is 0 Å². The monoisotopic (exact) mass is 163 g/mol. The lowest BCUT2D eigenvalue weighted by Gasteiger charge is -1.98. The molecule has 0 atom stereocenters. The minimum Gasteiger partial charge on any atom is -0.428 e. The van der Waals surface area contributed by atoms with Crippen molar-refractivity contribution >= 4 is 0 Å². The van der Waals surface area contributed by atoms with Crippen molar-refractivity contribution in [3.05, 3.63) is 37.0 Å². The lowest BCUT2D eigenvalue weighted by molar-refractivity contribution is 0.265. The van der Waals surface area contributed by atoms with E-state index >= 15 is 0 Å². The lowest BCUT2D eigenvalue weighted by Crippen LogP contribution is -1.88. The van der Waals surface area contributed by atoms with Gasteiger partial charge >= 0.3 is 0 Å². The van der Waals surface area contributed by atoms with Crippen LogP contribution in [0.2, 0.25) is 0 Å². The molecule has 0 amide bonds. The molecule has 0 aliphatic carbocycles. The van der Waals surface area contributed by atoms with Gasteiger partial charge in [-0.2, -0.15) is 5.26 Å². The normalized spacial score (nSPS) is 10.1. The Labute approximate surface area is 73.5 Å². The highest BCUT2D eigenvalue weighted by Crippen LogP contribution is 2.05. The predicted molar refractivity (Wildman–Crippen MR) is 49.3 cm³/mol. The predicted octanol–water partition coefficient (Wildman–Crippen LogP) is 2.56. The number of nitrogens with zero attached hydrogens (tertiary/aromatic N) is 1. The zero-order chi connectivity index (χ0) is 9.23. The fourth-order valence-electron chi connectivity index (χ4n) is 0.799. The van der Waals surface area contributed by atoms with E-state index in [4.69, 9.17) is 5.26 Å². The molecule has 0 N–H and O–H groups in total. The van der Waals surface area contributed by atoms with Gasteiger partial charge in [0.2, 0.25) is 0 Å². The summed E-state index contributed by atoms with van der Waals surface area (Å²) in [5.74, 6) is 0. The molecule has 0 heterocycles. The van der Waals surface area contributed by atoms with Crippen LogP contribution in [0, 0.1) is 11.5 Å². The number of hydrogen-bond acceptors (Lipinski definition) is 2. The Hall–Kier alpha value is -1.49. The van der Waals surface area contributed by atoms with Crippen LogP contribution in [0.4, 0.5) is 0 Å². The smallest absolute Gasteiger partial charge is 0.286 e. The minimum atomic E-state index is 0.471. The Balaban J connectivity index is 3.60. The summed E-state index contributed by atoms with van der Waals surface area (Å²) < 4.78 is 4.52. The molecule has 0 rings (SSSR count). The first kappa shape index (κ1) is 10.5.